The van der Waals surface area contributed by atoms with E-state index < -0.39 is 10.0 Å². The molecule has 0 unspecified atom stereocenters. The molecule has 0 aromatic heterocycles. The van der Waals surface area contributed by atoms with Gasteiger partial charge in [0, 0.05) is 11.3 Å². The molecule has 0 saturated heterocycles. The first-order valence-electron chi connectivity index (χ1n) is 8.93. The van der Waals surface area contributed by atoms with Crippen LogP contribution in [-0.2, 0) is 10.0 Å². The molecule has 27 heavy (non-hydrogen) atoms. The highest BCUT2D eigenvalue weighted by Crippen LogP contribution is 2.25. The molecule has 7 heteroatoms. The van der Waals surface area contributed by atoms with Crippen molar-refractivity contribution < 1.29 is 17.9 Å². The second-order valence-corrected chi connectivity index (χ2v) is 8.39. The van der Waals surface area contributed by atoms with E-state index >= 15 is 0 Å². The van der Waals surface area contributed by atoms with Crippen LogP contribution >= 0.6 is 0 Å². The fraction of sp³-hybridized carbons (Fsp3) is 0.350. The second kappa shape index (κ2) is 9.41. The molecule has 2 N–H and O–H groups in total. The van der Waals surface area contributed by atoms with Crippen LogP contribution < -0.4 is 14.8 Å². The molecule has 2 rings (SSSR count). The lowest BCUT2D eigenvalue weighted by molar-refractivity contribution is 0.0947. The Bertz CT molecular complexity index is 862. The SMILES string of the molecule is CCS(=O)(=O)Nc1ccc(C(=O)NCCOc2ccccc2C(C)C)cc1. The first-order chi connectivity index (χ1) is 12.8. The highest BCUT2D eigenvalue weighted by Gasteiger charge is 2.10. The van der Waals surface area contributed by atoms with Crippen LogP contribution in [0.3, 0.4) is 0 Å². The molecule has 2 aromatic rings. The molecule has 0 fully saturated rings. The van der Waals surface area contributed by atoms with Crippen LogP contribution in [0.15, 0.2) is 48.5 Å². The second-order valence-electron chi connectivity index (χ2n) is 6.38. The minimum atomic E-state index is -3.33. The van der Waals surface area contributed by atoms with Gasteiger partial charge in [-0.25, -0.2) is 8.42 Å². The van der Waals surface area contributed by atoms with Gasteiger partial charge in [0.2, 0.25) is 10.0 Å². The van der Waals surface area contributed by atoms with Crippen LogP contribution in [0.2, 0.25) is 0 Å². The summed E-state index contributed by atoms with van der Waals surface area (Å²) in [5, 5.41) is 2.79. The Morgan fingerprint density at radius 1 is 1.07 bits per heavy atom. The smallest absolute Gasteiger partial charge is 0.251 e. The summed E-state index contributed by atoms with van der Waals surface area (Å²) in [6, 6.07) is 14.2. The average molecular weight is 391 g/mol. The van der Waals surface area contributed by atoms with Gasteiger partial charge < -0.3 is 10.1 Å². The molecule has 0 spiro atoms. The van der Waals surface area contributed by atoms with E-state index in [1.54, 1.807) is 31.2 Å². The van der Waals surface area contributed by atoms with E-state index in [1.807, 2.05) is 24.3 Å². The summed E-state index contributed by atoms with van der Waals surface area (Å²) in [6.45, 7) is 6.51. The third-order valence-corrected chi connectivity index (χ3v) is 5.29. The Hall–Kier alpha value is -2.54. The Morgan fingerprint density at radius 2 is 1.74 bits per heavy atom. The Balaban J connectivity index is 1.84. The summed E-state index contributed by atoms with van der Waals surface area (Å²) < 4.78 is 31.3. The van der Waals surface area contributed by atoms with Gasteiger partial charge in [0.1, 0.15) is 12.4 Å². The van der Waals surface area contributed by atoms with Gasteiger partial charge in [-0.1, -0.05) is 32.0 Å². The number of amides is 1. The number of anilines is 1. The molecule has 1 amide bonds. The van der Waals surface area contributed by atoms with E-state index in [4.69, 9.17) is 4.74 Å². The zero-order valence-electron chi connectivity index (χ0n) is 15.9. The van der Waals surface area contributed by atoms with E-state index in [2.05, 4.69) is 23.9 Å². The van der Waals surface area contributed by atoms with Gasteiger partial charge >= 0.3 is 0 Å². The monoisotopic (exact) mass is 390 g/mol. The molecule has 0 radical (unpaired) electrons. The molecule has 0 aliphatic rings. The van der Waals surface area contributed by atoms with Crippen LogP contribution in [0.25, 0.3) is 0 Å². The van der Waals surface area contributed by atoms with E-state index in [9.17, 15) is 13.2 Å². The number of benzene rings is 2. The molecule has 0 saturated carbocycles. The van der Waals surface area contributed by atoms with Crippen LogP contribution in [0.4, 0.5) is 5.69 Å². The zero-order valence-corrected chi connectivity index (χ0v) is 16.7. The summed E-state index contributed by atoms with van der Waals surface area (Å²) >= 11 is 0. The lowest BCUT2D eigenvalue weighted by Gasteiger charge is -2.14. The number of carbonyl (C=O) groups is 1. The number of ether oxygens (including phenoxy) is 1. The maximum atomic E-state index is 12.2. The fourth-order valence-corrected chi connectivity index (χ4v) is 3.10. The van der Waals surface area contributed by atoms with Gasteiger partial charge in [0.05, 0.1) is 12.3 Å². The zero-order chi connectivity index (χ0) is 19.9. The Labute approximate surface area is 161 Å². The van der Waals surface area contributed by atoms with Crippen LogP contribution in [0.1, 0.15) is 42.6 Å². The fourth-order valence-electron chi connectivity index (χ4n) is 2.46. The van der Waals surface area contributed by atoms with Crippen LogP contribution in [0, 0.1) is 0 Å². The van der Waals surface area contributed by atoms with E-state index in [0.29, 0.717) is 30.3 Å². The van der Waals surface area contributed by atoms with Crippen molar-refractivity contribution in [1.82, 2.24) is 5.32 Å². The summed E-state index contributed by atoms with van der Waals surface area (Å²) in [5.41, 5.74) is 2.02. The van der Waals surface area contributed by atoms with Crippen molar-refractivity contribution in [3.63, 3.8) is 0 Å². The predicted octanol–water partition coefficient (Wildman–Crippen LogP) is 3.38. The van der Waals surface area contributed by atoms with Crippen molar-refractivity contribution in [2.75, 3.05) is 23.6 Å². The number of para-hydroxylation sites is 1. The van der Waals surface area contributed by atoms with E-state index in [0.717, 1.165) is 11.3 Å². The summed E-state index contributed by atoms with van der Waals surface area (Å²) in [7, 11) is -3.33. The largest absolute Gasteiger partial charge is 0.491 e. The van der Waals surface area contributed by atoms with Crippen molar-refractivity contribution in [1.29, 1.82) is 0 Å². The summed E-state index contributed by atoms with van der Waals surface area (Å²) in [4.78, 5) is 12.2. The first kappa shape index (κ1) is 20.8. The van der Waals surface area contributed by atoms with Crippen LogP contribution in [-0.4, -0.2) is 33.2 Å². The van der Waals surface area contributed by atoms with Crippen LogP contribution in [0.5, 0.6) is 5.75 Å². The highest BCUT2D eigenvalue weighted by molar-refractivity contribution is 7.92. The Morgan fingerprint density at radius 3 is 2.37 bits per heavy atom. The number of hydrogen-bond acceptors (Lipinski definition) is 4. The normalized spacial score (nSPS) is 11.3. The first-order valence-corrected chi connectivity index (χ1v) is 10.6. The molecule has 6 nitrogen and oxygen atoms in total. The number of rotatable bonds is 9. The van der Waals surface area contributed by atoms with Gasteiger partial charge in [0.15, 0.2) is 0 Å². The molecule has 0 aliphatic carbocycles. The minimum absolute atomic E-state index is 0.00479. The van der Waals surface area contributed by atoms with Gasteiger partial charge in [-0.05, 0) is 48.7 Å². The topological polar surface area (TPSA) is 84.5 Å². The van der Waals surface area contributed by atoms with Gasteiger partial charge in [-0.3, -0.25) is 9.52 Å². The maximum absolute atomic E-state index is 12.2. The quantitative estimate of drug-likeness (QED) is 0.643. The molecule has 146 valence electrons. The highest BCUT2D eigenvalue weighted by atomic mass is 32.2. The van der Waals surface area contributed by atoms with Crippen molar-refractivity contribution in [3.05, 3.63) is 59.7 Å². The number of carbonyl (C=O) groups excluding carboxylic acids is 1. The number of sulfonamides is 1. The van der Waals surface area contributed by atoms with Crippen molar-refractivity contribution in [3.8, 4) is 5.75 Å². The molecular weight excluding hydrogens is 364 g/mol. The molecule has 0 atom stereocenters. The lowest BCUT2D eigenvalue weighted by atomic mass is 10.0. The molecule has 0 aliphatic heterocycles. The van der Waals surface area contributed by atoms with Crippen molar-refractivity contribution >= 4 is 21.6 Å². The standard InChI is InChI=1S/C20H26N2O4S/c1-4-27(24,25)22-17-11-9-16(10-12-17)20(23)21-13-14-26-19-8-6-5-7-18(19)15(2)3/h5-12,15,22H,4,13-14H2,1-3H3,(H,21,23). The molecule has 2 aromatic carbocycles. The molecular formula is C20H26N2O4S. The third-order valence-electron chi connectivity index (χ3n) is 3.99. The molecule has 0 bridgehead atoms. The lowest BCUT2D eigenvalue weighted by Crippen LogP contribution is -2.28. The molecule has 0 heterocycles. The number of hydrogen-bond donors (Lipinski definition) is 2. The number of nitrogens with one attached hydrogen (secondary N) is 2. The Kier molecular flexibility index (Phi) is 7.24. The predicted molar refractivity (Wildman–Crippen MR) is 108 cm³/mol. The van der Waals surface area contributed by atoms with Crippen molar-refractivity contribution in [2.45, 2.75) is 26.7 Å². The maximum Gasteiger partial charge on any atom is 0.251 e. The third kappa shape index (κ3) is 6.29. The van der Waals surface area contributed by atoms with E-state index in [-0.39, 0.29) is 11.7 Å². The average Bonchev–Trinajstić information content (AvgIpc) is 2.65. The van der Waals surface area contributed by atoms with Gasteiger partial charge in [-0.2, -0.15) is 0 Å². The minimum Gasteiger partial charge on any atom is -0.491 e. The van der Waals surface area contributed by atoms with Gasteiger partial charge in [-0.15, -0.1) is 0 Å². The summed E-state index contributed by atoms with van der Waals surface area (Å²) in [5.74, 6) is 0.948. The summed E-state index contributed by atoms with van der Waals surface area (Å²) in [6.07, 6.45) is 0. The van der Waals surface area contributed by atoms with Gasteiger partial charge in [0.25, 0.3) is 5.91 Å². The van der Waals surface area contributed by atoms with E-state index in [1.165, 1.54) is 0 Å². The van der Waals surface area contributed by atoms with Crippen molar-refractivity contribution in [2.24, 2.45) is 0 Å².